The lowest BCUT2D eigenvalue weighted by Crippen LogP contribution is -1.93. The van der Waals surface area contributed by atoms with E-state index in [4.69, 9.17) is 0 Å². The van der Waals surface area contributed by atoms with Crippen LogP contribution in [-0.4, -0.2) is 6.29 Å². The van der Waals surface area contributed by atoms with Gasteiger partial charge in [0.05, 0.1) is 0 Å². The first kappa shape index (κ1) is 9.46. The highest BCUT2D eigenvalue weighted by Crippen LogP contribution is 2.19. The van der Waals surface area contributed by atoms with Gasteiger partial charge in [-0.3, -0.25) is 0 Å². The largest absolute Gasteiger partial charge is 0.303 e. The molecular formula is C10H11BrO. The fourth-order valence-corrected chi connectivity index (χ4v) is 1.34. The molecule has 1 aromatic carbocycles. The molecule has 2 heteroatoms. The van der Waals surface area contributed by atoms with Crippen LogP contribution in [-0.2, 0) is 4.79 Å². The predicted molar refractivity (Wildman–Crippen MR) is 53.2 cm³/mol. The molecule has 12 heavy (non-hydrogen) atoms. The minimum absolute atomic E-state index is 0.329. The van der Waals surface area contributed by atoms with Gasteiger partial charge in [-0.2, -0.15) is 0 Å². The molecule has 64 valence electrons. The van der Waals surface area contributed by atoms with Gasteiger partial charge in [-0.15, -0.1) is 0 Å². The maximum Gasteiger partial charge on any atom is 0.120 e. The van der Waals surface area contributed by atoms with Crippen LogP contribution < -0.4 is 0 Å². The normalized spacial score (nSPS) is 12.5. The van der Waals surface area contributed by atoms with Crippen molar-refractivity contribution < 1.29 is 4.79 Å². The second-order valence-corrected chi connectivity index (χ2v) is 3.77. The van der Waals surface area contributed by atoms with Crippen LogP contribution in [0.3, 0.4) is 0 Å². The van der Waals surface area contributed by atoms with Crippen LogP contribution in [0.4, 0.5) is 0 Å². The second-order valence-electron chi connectivity index (χ2n) is 2.85. The van der Waals surface area contributed by atoms with Crippen molar-refractivity contribution in [1.82, 2.24) is 0 Å². The number of carbonyl (C=O) groups is 1. The Morgan fingerprint density at radius 1 is 1.42 bits per heavy atom. The molecule has 0 N–H and O–H groups in total. The van der Waals surface area contributed by atoms with Gasteiger partial charge >= 0.3 is 0 Å². The highest BCUT2D eigenvalue weighted by Gasteiger charge is 2.03. The summed E-state index contributed by atoms with van der Waals surface area (Å²) in [5.41, 5.74) is 1.21. The van der Waals surface area contributed by atoms with Crippen LogP contribution >= 0.6 is 15.9 Å². The summed E-state index contributed by atoms with van der Waals surface area (Å²) in [6, 6.07) is 8.07. The molecule has 0 bridgehead atoms. The monoisotopic (exact) mass is 226 g/mol. The summed E-state index contributed by atoms with van der Waals surface area (Å²) in [6.07, 6.45) is 1.56. The molecule has 0 saturated heterocycles. The Bertz CT molecular complexity index is 253. The highest BCUT2D eigenvalue weighted by molar-refractivity contribution is 9.10. The van der Waals surface area contributed by atoms with Crippen molar-refractivity contribution in [3.05, 3.63) is 34.3 Å². The van der Waals surface area contributed by atoms with Crippen LogP contribution in [0.25, 0.3) is 0 Å². The molecule has 0 aromatic heterocycles. The number of aldehydes is 1. The molecule has 0 spiro atoms. The number of carbonyl (C=O) groups excluding carboxylic acids is 1. The molecule has 1 atom stereocenters. The van der Waals surface area contributed by atoms with Crippen molar-refractivity contribution in [1.29, 1.82) is 0 Å². The SMILES string of the molecule is CC(CC=O)c1ccc(Br)cc1. The van der Waals surface area contributed by atoms with Gasteiger partial charge in [-0.05, 0) is 23.6 Å². The lowest BCUT2D eigenvalue weighted by Gasteiger charge is -2.07. The maximum atomic E-state index is 10.2. The topological polar surface area (TPSA) is 17.1 Å². The zero-order chi connectivity index (χ0) is 8.97. The van der Waals surface area contributed by atoms with E-state index in [9.17, 15) is 4.79 Å². The maximum absolute atomic E-state index is 10.2. The number of benzene rings is 1. The Labute approximate surface area is 80.9 Å². The Hall–Kier alpha value is -0.630. The lowest BCUT2D eigenvalue weighted by molar-refractivity contribution is -0.108. The summed E-state index contributed by atoms with van der Waals surface area (Å²) in [6.45, 7) is 2.05. The van der Waals surface area contributed by atoms with E-state index in [0.717, 1.165) is 10.8 Å². The quantitative estimate of drug-likeness (QED) is 0.725. The van der Waals surface area contributed by atoms with E-state index >= 15 is 0 Å². The van der Waals surface area contributed by atoms with Crippen molar-refractivity contribution >= 4 is 22.2 Å². The van der Waals surface area contributed by atoms with Crippen molar-refractivity contribution in [3.63, 3.8) is 0 Å². The van der Waals surface area contributed by atoms with E-state index in [1.807, 2.05) is 24.3 Å². The Morgan fingerprint density at radius 2 is 2.00 bits per heavy atom. The van der Waals surface area contributed by atoms with Crippen LogP contribution in [0.2, 0.25) is 0 Å². The number of halogens is 1. The minimum Gasteiger partial charge on any atom is -0.303 e. The summed E-state index contributed by atoms with van der Waals surface area (Å²) in [5, 5.41) is 0. The highest BCUT2D eigenvalue weighted by atomic mass is 79.9. The van der Waals surface area contributed by atoms with Crippen LogP contribution in [0.5, 0.6) is 0 Å². The fraction of sp³-hybridized carbons (Fsp3) is 0.300. The van der Waals surface area contributed by atoms with Gasteiger partial charge in [0.2, 0.25) is 0 Å². The van der Waals surface area contributed by atoms with E-state index in [-0.39, 0.29) is 0 Å². The predicted octanol–water partition coefficient (Wildman–Crippen LogP) is 3.14. The summed E-state index contributed by atoms with van der Waals surface area (Å²) < 4.78 is 1.07. The number of hydrogen-bond donors (Lipinski definition) is 0. The van der Waals surface area contributed by atoms with Gasteiger partial charge in [0, 0.05) is 10.9 Å². The first-order chi connectivity index (χ1) is 5.74. The molecule has 1 rings (SSSR count). The first-order valence-corrected chi connectivity index (χ1v) is 4.72. The third-order valence-corrected chi connectivity index (χ3v) is 2.42. The number of rotatable bonds is 3. The summed E-state index contributed by atoms with van der Waals surface area (Å²) in [5.74, 6) is 0.329. The van der Waals surface area contributed by atoms with Crippen LogP contribution in [0.1, 0.15) is 24.8 Å². The van der Waals surface area contributed by atoms with E-state index in [1.165, 1.54) is 5.56 Å². The van der Waals surface area contributed by atoms with Crippen molar-refractivity contribution in [2.75, 3.05) is 0 Å². The van der Waals surface area contributed by atoms with Gasteiger partial charge < -0.3 is 4.79 Å². The third kappa shape index (κ3) is 2.45. The molecule has 0 aliphatic heterocycles. The van der Waals surface area contributed by atoms with E-state index in [2.05, 4.69) is 22.9 Å². The lowest BCUT2D eigenvalue weighted by atomic mass is 9.99. The number of hydrogen-bond acceptors (Lipinski definition) is 1. The molecule has 0 saturated carbocycles. The molecule has 1 aromatic rings. The van der Waals surface area contributed by atoms with Gasteiger partial charge in [-0.25, -0.2) is 0 Å². The molecule has 1 nitrogen and oxygen atoms in total. The smallest absolute Gasteiger partial charge is 0.120 e. The van der Waals surface area contributed by atoms with E-state index in [1.54, 1.807) is 0 Å². The Balaban J connectivity index is 2.74. The van der Waals surface area contributed by atoms with Crippen molar-refractivity contribution in [2.45, 2.75) is 19.3 Å². The molecule has 0 amide bonds. The van der Waals surface area contributed by atoms with Crippen molar-refractivity contribution in [3.8, 4) is 0 Å². The summed E-state index contributed by atoms with van der Waals surface area (Å²) in [7, 11) is 0. The molecule has 0 heterocycles. The zero-order valence-electron chi connectivity index (χ0n) is 6.96. The van der Waals surface area contributed by atoms with Crippen LogP contribution in [0, 0.1) is 0 Å². The summed E-state index contributed by atoms with van der Waals surface area (Å²) >= 11 is 3.36. The summed E-state index contributed by atoms with van der Waals surface area (Å²) in [4.78, 5) is 10.2. The van der Waals surface area contributed by atoms with Crippen LogP contribution in [0.15, 0.2) is 28.7 Å². The van der Waals surface area contributed by atoms with Gasteiger partial charge in [0.25, 0.3) is 0 Å². The molecular weight excluding hydrogens is 216 g/mol. The average molecular weight is 227 g/mol. The van der Waals surface area contributed by atoms with Gasteiger partial charge in [0.1, 0.15) is 6.29 Å². The molecule has 0 radical (unpaired) electrons. The standard InChI is InChI=1S/C10H11BrO/c1-8(6-7-12)9-2-4-10(11)5-3-9/h2-5,7-8H,6H2,1H3. The van der Waals surface area contributed by atoms with E-state index < -0.39 is 0 Å². The minimum atomic E-state index is 0.329. The Kier molecular flexibility index (Phi) is 3.48. The molecule has 0 fully saturated rings. The van der Waals surface area contributed by atoms with Gasteiger partial charge in [-0.1, -0.05) is 35.0 Å². The molecule has 1 unspecified atom stereocenters. The molecule has 0 aliphatic rings. The van der Waals surface area contributed by atoms with E-state index in [0.29, 0.717) is 12.3 Å². The Morgan fingerprint density at radius 3 is 2.50 bits per heavy atom. The first-order valence-electron chi connectivity index (χ1n) is 3.93. The van der Waals surface area contributed by atoms with Gasteiger partial charge in [0.15, 0.2) is 0 Å². The third-order valence-electron chi connectivity index (χ3n) is 1.89. The van der Waals surface area contributed by atoms with Crippen molar-refractivity contribution in [2.24, 2.45) is 0 Å². The fourth-order valence-electron chi connectivity index (χ4n) is 1.07. The second kappa shape index (κ2) is 4.41. The zero-order valence-corrected chi connectivity index (χ0v) is 8.54. The average Bonchev–Trinajstić information content (AvgIpc) is 2.06. The molecule has 0 aliphatic carbocycles.